The first-order valence-corrected chi connectivity index (χ1v) is 6.51. The number of halogens is 3. The van der Waals surface area contributed by atoms with E-state index >= 15 is 0 Å². The lowest BCUT2D eigenvalue weighted by Gasteiger charge is -2.22. The Morgan fingerprint density at radius 2 is 1.95 bits per heavy atom. The molecule has 0 aromatic heterocycles. The summed E-state index contributed by atoms with van der Waals surface area (Å²) in [6.07, 6.45) is -2.84. The van der Waals surface area contributed by atoms with Gasteiger partial charge in [-0.2, -0.15) is 13.2 Å². The van der Waals surface area contributed by atoms with Crippen molar-refractivity contribution in [3.05, 3.63) is 29.8 Å². The highest BCUT2D eigenvalue weighted by molar-refractivity contribution is 5.31. The summed E-state index contributed by atoms with van der Waals surface area (Å²) in [4.78, 5) is 0. The van der Waals surface area contributed by atoms with Gasteiger partial charge in [0.25, 0.3) is 0 Å². The monoisotopic (exact) mass is 275 g/mol. The van der Waals surface area contributed by atoms with Crippen LogP contribution in [-0.2, 0) is 0 Å². The molecule has 0 heterocycles. The van der Waals surface area contributed by atoms with Crippen LogP contribution in [0.1, 0.15) is 38.3 Å². The zero-order valence-corrected chi connectivity index (χ0v) is 11.3. The van der Waals surface area contributed by atoms with E-state index in [4.69, 9.17) is 4.74 Å². The molecule has 0 saturated heterocycles. The van der Waals surface area contributed by atoms with Crippen molar-refractivity contribution in [2.24, 2.45) is 0 Å². The molecule has 1 aromatic carbocycles. The molecule has 1 unspecified atom stereocenters. The van der Waals surface area contributed by atoms with Gasteiger partial charge in [0.05, 0.1) is 6.61 Å². The summed E-state index contributed by atoms with van der Waals surface area (Å²) < 4.78 is 44.4. The molecule has 5 heteroatoms. The average molecular weight is 275 g/mol. The largest absolute Gasteiger partial charge is 0.494 e. The van der Waals surface area contributed by atoms with Crippen molar-refractivity contribution >= 4 is 0 Å². The van der Waals surface area contributed by atoms with Crippen LogP contribution in [0.4, 0.5) is 13.2 Å². The molecular formula is C14H20F3NO. The third-order valence-corrected chi connectivity index (χ3v) is 2.59. The summed E-state index contributed by atoms with van der Waals surface area (Å²) in [5, 5.41) is 2.53. The minimum absolute atomic E-state index is 0.189. The maximum Gasteiger partial charge on any atom is 0.407 e. The maximum absolute atomic E-state index is 13.0. The van der Waals surface area contributed by atoms with Crippen molar-refractivity contribution in [2.45, 2.75) is 38.9 Å². The average Bonchev–Trinajstić information content (AvgIpc) is 2.36. The Kier molecular flexibility index (Phi) is 6.15. The van der Waals surface area contributed by atoms with E-state index < -0.39 is 12.2 Å². The fourth-order valence-corrected chi connectivity index (χ4v) is 1.72. The van der Waals surface area contributed by atoms with E-state index in [1.807, 2.05) is 13.8 Å². The van der Waals surface area contributed by atoms with Gasteiger partial charge in [0.15, 0.2) is 0 Å². The van der Waals surface area contributed by atoms with Crippen LogP contribution in [0.3, 0.4) is 0 Å². The van der Waals surface area contributed by atoms with E-state index in [0.717, 1.165) is 6.42 Å². The number of rotatable bonds is 7. The third kappa shape index (κ3) is 5.11. The molecule has 1 atom stereocenters. The highest BCUT2D eigenvalue weighted by Gasteiger charge is 2.40. The van der Waals surface area contributed by atoms with Gasteiger partial charge in [0.2, 0.25) is 0 Å². The first-order chi connectivity index (χ1) is 8.99. The van der Waals surface area contributed by atoms with Gasteiger partial charge in [-0.15, -0.1) is 0 Å². The lowest BCUT2D eigenvalue weighted by atomic mass is 10.1. The minimum Gasteiger partial charge on any atom is -0.494 e. The maximum atomic E-state index is 13.0. The normalized spacial score (nSPS) is 13.3. The van der Waals surface area contributed by atoms with Crippen LogP contribution in [0.2, 0.25) is 0 Å². The van der Waals surface area contributed by atoms with Gasteiger partial charge in [-0.05, 0) is 37.1 Å². The number of hydrogen-bond acceptors (Lipinski definition) is 2. The Morgan fingerprint density at radius 1 is 1.21 bits per heavy atom. The predicted octanol–water partition coefficient (Wildman–Crippen LogP) is 4.08. The number of alkyl halides is 3. The van der Waals surface area contributed by atoms with Crippen molar-refractivity contribution in [1.82, 2.24) is 5.32 Å². The van der Waals surface area contributed by atoms with Crippen LogP contribution in [0.25, 0.3) is 0 Å². The van der Waals surface area contributed by atoms with E-state index in [2.05, 4.69) is 5.32 Å². The summed E-state index contributed by atoms with van der Waals surface area (Å²) in [6.45, 7) is 4.61. The predicted molar refractivity (Wildman–Crippen MR) is 69.3 cm³/mol. The van der Waals surface area contributed by atoms with Crippen molar-refractivity contribution in [2.75, 3.05) is 13.2 Å². The van der Waals surface area contributed by atoms with E-state index in [9.17, 15) is 13.2 Å². The second-order valence-corrected chi connectivity index (χ2v) is 4.35. The second kappa shape index (κ2) is 7.38. The molecule has 1 rings (SSSR count). The van der Waals surface area contributed by atoms with Gasteiger partial charge < -0.3 is 10.1 Å². The molecule has 0 amide bonds. The van der Waals surface area contributed by atoms with Crippen LogP contribution in [-0.4, -0.2) is 19.3 Å². The fraction of sp³-hybridized carbons (Fsp3) is 0.571. The Balaban J connectivity index is 2.88. The van der Waals surface area contributed by atoms with Crippen molar-refractivity contribution in [3.63, 3.8) is 0 Å². The molecule has 19 heavy (non-hydrogen) atoms. The Morgan fingerprint density at radius 3 is 2.53 bits per heavy atom. The molecule has 1 N–H and O–H groups in total. The van der Waals surface area contributed by atoms with Crippen molar-refractivity contribution in [1.29, 1.82) is 0 Å². The quantitative estimate of drug-likeness (QED) is 0.809. The zero-order valence-electron chi connectivity index (χ0n) is 11.3. The van der Waals surface area contributed by atoms with Crippen LogP contribution >= 0.6 is 0 Å². The zero-order chi connectivity index (χ0) is 14.3. The number of hydrogen-bond donors (Lipinski definition) is 1. The fourth-order valence-electron chi connectivity index (χ4n) is 1.72. The van der Waals surface area contributed by atoms with E-state index in [-0.39, 0.29) is 5.56 Å². The van der Waals surface area contributed by atoms with Gasteiger partial charge in [0, 0.05) is 0 Å². The SMILES string of the molecule is CCCNC(c1cccc(OCCC)c1)C(F)(F)F. The number of ether oxygens (including phenoxy) is 1. The lowest BCUT2D eigenvalue weighted by molar-refractivity contribution is -0.157. The molecule has 0 radical (unpaired) electrons. The molecule has 0 fully saturated rings. The number of benzene rings is 1. The Bertz CT molecular complexity index is 379. The molecule has 0 aliphatic heterocycles. The van der Waals surface area contributed by atoms with Crippen LogP contribution < -0.4 is 10.1 Å². The van der Waals surface area contributed by atoms with Gasteiger partial charge in [-0.1, -0.05) is 26.0 Å². The number of nitrogens with one attached hydrogen (secondary N) is 1. The summed E-state index contributed by atoms with van der Waals surface area (Å²) in [5.74, 6) is 0.479. The van der Waals surface area contributed by atoms with Crippen LogP contribution in [0.15, 0.2) is 24.3 Å². The summed E-state index contributed by atoms with van der Waals surface area (Å²) in [7, 11) is 0. The lowest BCUT2D eigenvalue weighted by Crippen LogP contribution is -2.34. The Hall–Kier alpha value is -1.23. The van der Waals surface area contributed by atoms with Gasteiger partial charge in [-0.3, -0.25) is 0 Å². The van der Waals surface area contributed by atoms with Gasteiger partial charge in [-0.25, -0.2) is 0 Å². The van der Waals surface area contributed by atoms with Crippen molar-refractivity contribution < 1.29 is 17.9 Å². The molecule has 0 spiro atoms. The Labute approximate surface area is 112 Å². The summed E-state index contributed by atoms with van der Waals surface area (Å²) >= 11 is 0. The molecule has 0 bridgehead atoms. The summed E-state index contributed by atoms with van der Waals surface area (Å²) in [6, 6.07) is 4.55. The van der Waals surface area contributed by atoms with Gasteiger partial charge >= 0.3 is 6.18 Å². The standard InChI is InChI=1S/C14H20F3NO/c1-3-8-18-13(14(15,16)17)11-6-5-7-12(10-11)19-9-4-2/h5-7,10,13,18H,3-4,8-9H2,1-2H3. The third-order valence-electron chi connectivity index (χ3n) is 2.59. The molecule has 0 saturated carbocycles. The highest BCUT2D eigenvalue weighted by atomic mass is 19.4. The van der Waals surface area contributed by atoms with Crippen LogP contribution in [0, 0.1) is 0 Å². The van der Waals surface area contributed by atoms with E-state index in [1.165, 1.54) is 12.1 Å². The van der Waals surface area contributed by atoms with E-state index in [1.54, 1.807) is 12.1 Å². The molecule has 2 nitrogen and oxygen atoms in total. The topological polar surface area (TPSA) is 21.3 Å². The first kappa shape index (κ1) is 15.8. The molecule has 0 aliphatic carbocycles. The smallest absolute Gasteiger partial charge is 0.407 e. The molecule has 108 valence electrons. The second-order valence-electron chi connectivity index (χ2n) is 4.35. The molecule has 1 aromatic rings. The highest BCUT2D eigenvalue weighted by Crippen LogP contribution is 2.33. The van der Waals surface area contributed by atoms with Crippen molar-refractivity contribution in [3.8, 4) is 5.75 Å². The molecular weight excluding hydrogens is 255 g/mol. The van der Waals surface area contributed by atoms with E-state index in [0.29, 0.717) is 25.3 Å². The van der Waals surface area contributed by atoms with Gasteiger partial charge in [0.1, 0.15) is 11.8 Å². The molecule has 0 aliphatic rings. The summed E-state index contributed by atoms with van der Waals surface area (Å²) in [5.41, 5.74) is 0.189. The van der Waals surface area contributed by atoms with Crippen LogP contribution in [0.5, 0.6) is 5.75 Å². The minimum atomic E-state index is -4.31. The first-order valence-electron chi connectivity index (χ1n) is 6.51.